The number of ether oxygens (including phenoxy) is 2. The number of hydrogen-bond donors (Lipinski definition) is 2. The van der Waals surface area contributed by atoms with Crippen molar-refractivity contribution in [1.29, 1.82) is 0 Å². The summed E-state index contributed by atoms with van der Waals surface area (Å²) in [5, 5.41) is 0.629. The summed E-state index contributed by atoms with van der Waals surface area (Å²) in [4.78, 5) is 16.3. The zero-order valence-electron chi connectivity index (χ0n) is 11.7. The molecule has 0 bridgehead atoms. The van der Waals surface area contributed by atoms with Crippen LogP contribution in [0.4, 0.5) is 5.13 Å². The Bertz CT molecular complexity index is 724. The molecule has 1 aromatic heterocycles. The van der Waals surface area contributed by atoms with E-state index in [1.807, 2.05) is 19.9 Å². The van der Waals surface area contributed by atoms with E-state index in [1.54, 1.807) is 0 Å². The molecular formula is C14H15N3O3S. The van der Waals surface area contributed by atoms with Crippen LogP contribution in [0.1, 0.15) is 11.1 Å². The van der Waals surface area contributed by atoms with Crippen LogP contribution in [0.25, 0.3) is 10.2 Å². The van der Waals surface area contributed by atoms with E-state index in [4.69, 9.17) is 9.47 Å². The third kappa shape index (κ3) is 2.92. The van der Waals surface area contributed by atoms with Crippen LogP contribution in [0, 0.1) is 13.8 Å². The second kappa shape index (κ2) is 5.61. The van der Waals surface area contributed by atoms with Crippen molar-refractivity contribution in [2.45, 2.75) is 13.8 Å². The minimum Gasteiger partial charge on any atom is -0.494 e. The van der Waals surface area contributed by atoms with Crippen molar-refractivity contribution in [1.82, 2.24) is 10.4 Å². The molecule has 0 saturated heterocycles. The Morgan fingerprint density at radius 3 is 2.95 bits per heavy atom. The molecule has 1 aliphatic heterocycles. The number of nitrogens with one attached hydrogen (secondary N) is 2. The summed E-state index contributed by atoms with van der Waals surface area (Å²) in [5.41, 5.74) is 8.62. The number of hydrazine groups is 1. The van der Waals surface area contributed by atoms with Gasteiger partial charge in [0.05, 0.1) is 10.2 Å². The lowest BCUT2D eigenvalue weighted by Crippen LogP contribution is -2.32. The number of thiazole rings is 1. The topological polar surface area (TPSA) is 72.5 Å². The molecule has 0 unspecified atom stereocenters. The Hall–Kier alpha value is -2.28. The average Bonchev–Trinajstić information content (AvgIpc) is 2.89. The summed E-state index contributed by atoms with van der Waals surface area (Å²) >= 11 is 1.49. The van der Waals surface area contributed by atoms with Gasteiger partial charge in [-0.25, -0.2) is 4.98 Å². The van der Waals surface area contributed by atoms with E-state index in [2.05, 4.69) is 21.9 Å². The summed E-state index contributed by atoms with van der Waals surface area (Å²) in [7, 11) is 0. The lowest BCUT2D eigenvalue weighted by molar-refractivity contribution is -0.121. The van der Waals surface area contributed by atoms with Crippen molar-refractivity contribution in [3.8, 4) is 0 Å². The average molecular weight is 305 g/mol. The molecule has 0 fully saturated rings. The number of aromatic nitrogens is 1. The fourth-order valence-corrected chi connectivity index (χ4v) is 2.96. The fraction of sp³-hybridized carbons (Fsp3) is 0.286. The number of rotatable bonds is 3. The van der Waals surface area contributed by atoms with Gasteiger partial charge in [-0.3, -0.25) is 15.6 Å². The first-order valence-electron chi connectivity index (χ1n) is 6.52. The van der Waals surface area contributed by atoms with Gasteiger partial charge in [0.15, 0.2) is 0 Å². The molecular weight excluding hydrogens is 290 g/mol. The van der Waals surface area contributed by atoms with Crippen LogP contribution in [-0.2, 0) is 14.3 Å². The number of nitrogens with zero attached hydrogens (tertiary/aromatic N) is 1. The third-order valence-electron chi connectivity index (χ3n) is 2.98. The number of carbonyl (C=O) groups excluding carboxylic acids is 1. The van der Waals surface area contributed by atoms with Gasteiger partial charge < -0.3 is 9.47 Å². The van der Waals surface area contributed by atoms with Crippen LogP contribution in [0.2, 0.25) is 0 Å². The predicted molar refractivity (Wildman–Crippen MR) is 80.8 cm³/mol. The van der Waals surface area contributed by atoms with E-state index in [9.17, 15) is 4.79 Å². The number of anilines is 1. The van der Waals surface area contributed by atoms with E-state index in [0.717, 1.165) is 10.2 Å². The van der Waals surface area contributed by atoms with Crippen LogP contribution >= 0.6 is 11.3 Å². The first kappa shape index (κ1) is 13.7. The maximum absolute atomic E-state index is 11.8. The van der Waals surface area contributed by atoms with E-state index >= 15 is 0 Å². The van der Waals surface area contributed by atoms with E-state index < -0.39 is 0 Å². The monoisotopic (exact) mass is 305 g/mol. The van der Waals surface area contributed by atoms with Gasteiger partial charge in [0, 0.05) is 0 Å². The number of aryl methyl sites for hydroxylation is 2. The summed E-state index contributed by atoms with van der Waals surface area (Å²) in [6.45, 7) is 4.92. The predicted octanol–water partition coefficient (Wildman–Crippen LogP) is 2.24. The van der Waals surface area contributed by atoms with Crippen LogP contribution < -0.4 is 10.9 Å². The third-order valence-corrected chi connectivity index (χ3v) is 4.10. The molecule has 6 nitrogen and oxygen atoms in total. The van der Waals surface area contributed by atoms with Crippen molar-refractivity contribution in [3.05, 3.63) is 35.3 Å². The van der Waals surface area contributed by atoms with Crippen molar-refractivity contribution < 1.29 is 14.3 Å². The zero-order valence-corrected chi connectivity index (χ0v) is 12.5. The molecule has 1 aromatic carbocycles. The number of carbonyl (C=O) groups is 1. The van der Waals surface area contributed by atoms with Gasteiger partial charge in [-0.1, -0.05) is 17.4 Å². The molecule has 1 amide bonds. The van der Waals surface area contributed by atoms with Crippen molar-refractivity contribution in [2.24, 2.45) is 0 Å². The molecule has 2 aromatic rings. The van der Waals surface area contributed by atoms with Crippen LogP contribution in [0.15, 0.2) is 24.2 Å². The van der Waals surface area contributed by atoms with Crippen molar-refractivity contribution in [3.63, 3.8) is 0 Å². The van der Waals surface area contributed by atoms with Gasteiger partial charge >= 0.3 is 5.91 Å². The lowest BCUT2D eigenvalue weighted by Gasteiger charge is -2.14. The smallest absolute Gasteiger partial charge is 0.307 e. The second-order valence-corrected chi connectivity index (χ2v) is 5.73. The minimum absolute atomic E-state index is 0.155. The summed E-state index contributed by atoms with van der Waals surface area (Å²) < 4.78 is 11.3. The molecule has 3 rings (SSSR count). The standard InChI is InChI=1S/C14H15N3O3S/c1-8-5-9(2)12-10(6-8)15-14(21-12)17-16-13(18)11-7-19-3-4-20-11/h5-7H,3-4H2,1-2H3,(H,15,17)(H,16,18). The molecule has 110 valence electrons. The number of amides is 1. The Morgan fingerprint density at radius 2 is 2.19 bits per heavy atom. The Morgan fingerprint density at radius 1 is 1.33 bits per heavy atom. The van der Waals surface area contributed by atoms with Crippen LogP contribution in [0.3, 0.4) is 0 Å². The molecule has 21 heavy (non-hydrogen) atoms. The fourth-order valence-electron chi connectivity index (χ4n) is 2.09. The molecule has 0 atom stereocenters. The molecule has 2 N–H and O–H groups in total. The van der Waals surface area contributed by atoms with Gasteiger partial charge in [0.2, 0.25) is 10.9 Å². The first-order valence-corrected chi connectivity index (χ1v) is 7.34. The Labute approximate surface area is 125 Å². The highest BCUT2D eigenvalue weighted by atomic mass is 32.1. The Balaban J connectivity index is 1.72. The largest absolute Gasteiger partial charge is 0.494 e. The molecule has 2 heterocycles. The quantitative estimate of drug-likeness (QED) is 0.851. The van der Waals surface area contributed by atoms with Crippen molar-refractivity contribution in [2.75, 3.05) is 18.6 Å². The highest BCUT2D eigenvalue weighted by molar-refractivity contribution is 7.22. The van der Waals surface area contributed by atoms with Gasteiger partial charge in [0.25, 0.3) is 0 Å². The highest BCUT2D eigenvalue weighted by Gasteiger charge is 2.15. The first-order chi connectivity index (χ1) is 10.1. The summed E-state index contributed by atoms with van der Waals surface area (Å²) in [5.74, 6) is -0.233. The number of fused-ring (bicyclic) bond motifs is 1. The highest BCUT2D eigenvalue weighted by Crippen LogP contribution is 2.29. The van der Waals surface area contributed by atoms with Crippen LogP contribution in [-0.4, -0.2) is 24.1 Å². The summed E-state index contributed by atoms with van der Waals surface area (Å²) in [6.07, 6.45) is 1.31. The molecule has 0 aliphatic carbocycles. The minimum atomic E-state index is -0.387. The van der Waals surface area contributed by atoms with Gasteiger partial charge in [-0.2, -0.15) is 0 Å². The van der Waals surface area contributed by atoms with Crippen LogP contribution in [0.5, 0.6) is 0 Å². The van der Waals surface area contributed by atoms with Gasteiger partial charge in [-0.05, 0) is 31.0 Å². The molecule has 0 spiro atoms. The van der Waals surface area contributed by atoms with E-state index in [1.165, 1.54) is 28.7 Å². The number of benzene rings is 1. The zero-order chi connectivity index (χ0) is 14.8. The molecule has 7 heteroatoms. The summed E-state index contributed by atoms with van der Waals surface area (Å²) in [6, 6.07) is 4.13. The lowest BCUT2D eigenvalue weighted by atomic mass is 10.1. The second-order valence-electron chi connectivity index (χ2n) is 4.73. The Kier molecular flexibility index (Phi) is 3.66. The maximum atomic E-state index is 11.8. The molecule has 1 aliphatic rings. The SMILES string of the molecule is Cc1cc(C)c2sc(NNC(=O)C3=COCCO3)nc2c1. The van der Waals surface area contributed by atoms with Crippen molar-refractivity contribution >= 4 is 32.6 Å². The molecule has 0 saturated carbocycles. The number of hydrogen-bond acceptors (Lipinski definition) is 6. The van der Waals surface area contributed by atoms with E-state index in [0.29, 0.717) is 18.3 Å². The van der Waals surface area contributed by atoms with Gasteiger partial charge in [0.1, 0.15) is 19.5 Å². The molecule has 0 radical (unpaired) electrons. The van der Waals surface area contributed by atoms with E-state index in [-0.39, 0.29) is 11.7 Å². The van der Waals surface area contributed by atoms with Gasteiger partial charge in [-0.15, -0.1) is 0 Å². The maximum Gasteiger partial charge on any atom is 0.307 e. The normalized spacial score (nSPS) is 14.1.